The predicted octanol–water partition coefficient (Wildman–Crippen LogP) is 2.57. The van der Waals surface area contributed by atoms with Crippen LogP contribution in [0, 0.1) is 5.92 Å². The smallest absolute Gasteiger partial charge is 0.193 e. The first-order valence-corrected chi connectivity index (χ1v) is 10.2. The van der Waals surface area contributed by atoms with Crippen LogP contribution in [0.4, 0.5) is 0 Å². The van der Waals surface area contributed by atoms with E-state index in [0.717, 1.165) is 71.5 Å². The predicted molar refractivity (Wildman–Crippen MR) is 124 cm³/mol. The summed E-state index contributed by atoms with van der Waals surface area (Å²) in [6.45, 7) is 11.1. The Labute approximate surface area is 186 Å². The molecule has 2 fully saturated rings. The maximum Gasteiger partial charge on any atom is 0.193 e. The Morgan fingerprint density at radius 1 is 1.18 bits per heavy atom. The summed E-state index contributed by atoms with van der Waals surface area (Å²) in [5.41, 5.74) is 2.67. The molecule has 2 saturated heterocycles. The van der Waals surface area contributed by atoms with Gasteiger partial charge in [0.25, 0.3) is 0 Å². The van der Waals surface area contributed by atoms with Gasteiger partial charge in [-0.1, -0.05) is 24.3 Å². The van der Waals surface area contributed by atoms with Crippen LogP contribution < -0.4 is 5.32 Å². The van der Waals surface area contributed by atoms with Gasteiger partial charge in [0.05, 0.1) is 26.4 Å². The lowest BCUT2D eigenvalue weighted by Crippen LogP contribution is -2.41. The normalized spacial score (nSPS) is 20.6. The lowest BCUT2D eigenvalue weighted by Gasteiger charge is -2.27. The third-order valence-corrected chi connectivity index (χ3v) is 5.27. The fraction of sp³-hybridized carbons (Fsp3) is 0.667. The van der Waals surface area contributed by atoms with Crippen molar-refractivity contribution in [3.05, 3.63) is 35.4 Å². The molecule has 0 spiro atoms. The number of nitrogens with zero attached hydrogens (tertiary/aromatic N) is 3. The average Bonchev–Trinajstić information content (AvgIpc) is 3.20. The van der Waals surface area contributed by atoms with E-state index < -0.39 is 0 Å². The van der Waals surface area contributed by atoms with Gasteiger partial charge < -0.3 is 19.7 Å². The Kier molecular flexibility index (Phi) is 10.5. The molecule has 2 aliphatic heterocycles. The summed E-state index contributed by atoms with van der Waals surface area (Å²) in [4.78, 5) is 9.63. The van der Waals surface area contributed by atoms with Crippen molar-refractivity contribution < 1.29 is 9.47 Å². The van der Waals surface area contributed by atoms with E-state index in [-0.39, 0.29) is 24.0 Å². The van der Waals surface area contributed by atoms with E-state index in [1.54, 1.807) is 0 Å². The number of hydrogen-bond acceptors (Lipinski definition) is 4. The molecule has 0 bridgehead atoms. The summed E-state index contributed by atoms with van der Waals surface area (Å²) in [5, 5.41) is 3.44. The van der Waals surface area contributed by atoms with Gasteiger partial charge >= 0.3 is 0 Å². The summed E-state index contributed by atoms with van der Waals surface area (Å²) in [6, 6.07) is 8.67. The van der Waals surface area contributed by atoms with Crippen molar-refractivity contribution in [1.29, 1.82) is 0 Å². The molecule has 0 aromatic heterocycles. The van der Waals surface area contributed by atoms with Crippen LogP contribution in [0.15, 0.2) is 29.3 Å². The van der Waals surface area contributed by atoms with Crippen molar-refractivity contribution >= 4 is 29.9 Å². The number of aliphatic imine (C=N–C) groups is 1. The van der Waals surface area contributed by atoms with Crippen molar-refractivity contribution in [2.45, 2.75) is 26.4 Å². The van der Waals surface area contributed by atoms with Gasteiger partial charge in [-0.05, 0) is 24.5 Å². The minimum absolute atomic E-state index is 0. The molecule has 2 aliphatic rings. The van der Waals surface area contributed by atoms with Gasteiger partial charge in [0.2, 0.25) is 0 Å². The van der Waals surface area contributed by atoms with Crippen LogP contribution in [0.1, 0.15) is 24.5 Å². The van der Waals surface area contributed by atoms with E-state index in [1.807, 2.05) is 0 Å². The largest absolute Gasteiger partial charge is 0.381 e. The Balaban J connectivity index is 0.00000280. The molecule has 3 rings (SSSR count). The first kappa shape index (κ1) is 23.4. The van der Waals surface area contributed by atoms with Crippen molar-refractivity contribution in [2.24, 2.45) is 10.9 Å². The molecular formula is C21H35IN4O2. The lowest BCUT2D eigenvalue weighted by atomic mass is 10.1. The molecule has 1 N–H and O–H groups in total. The maximum absolute atomic E-state index is 5.51. The van der Waals surface area contributed by atoms with E-state index >= 15 is 0 Å². The molecule has 158 valence electrons. The van der Waals surface area contributed by atoms with Gasteiger partial charge in [-0.15, -0.1) is 24.0 Å². The maximum atomic E-state index is 5.51. The van der Waals surface area contributed by atoms with Crippen molar-refractivity contribution in [3.8, 4) is 0 Å². The zero-order chi connectivity index (χ0) is 18.9. The Morgan fingerprint density at radius 3 is 2.61 bits per heavy atom. The Bertz CT molecular complexity index is 602. The molecule has 2 heterocycles. The highest BCUT2D eigenvalue weighted by molar-refractivity contribution is 14.0. The molecule has 6 nitrogen and oxygen atoms in total. The third-order valence-electron chi connectivity index (χ3n) is 5.27. The molecule has 1 aromatic carbocycles. The number of benzene rings is 1. The molecule has 7 heteroatoms. The first-order valence-electron chi connectivity index (χ1n) is 10.2. The highest BCUT2D eigenvalue weighted by atomic mass is 127. The highest BCUT2D eigenvalue weighted by Crippen LogP contribution is 2.16. The van der Waals surface area contributed by atoms with Crippen molar-refractivity contribution in [3.63, 3.8) is 0 Å². The number of ether oxygens (including phenoxy) is 2. The molecule has 28 heavy (non-hydrogen) atoms. The van der Waals surface area contributed by atoms with Gasteiger partial charge in [0.1, 0.15) is 0 Å². The zero-order valence-electron chi connectivity index (χ0n) is 17.2. The van der Waals surface area contributed by atoms with Crippen LogP contribution in [0.25, 0.3) is 0 Å². The topological polar surface area (TPSA) is 49.3 Å². The summed E-state index contributed by atoms with van der Waals surface area (Å²) in [7, 11) is 2.12. The number of nitrogens with one attached hydrogen (secondary N) is 1. The van der Waals surface area contributed by atoms with Crippen LogP contribution in [-0.4, -0.2) is 75.4 Å². The van der Waals surface area contributed by atoms with E-state index in [4.69, 9.17) is 14.5 Å². The molecule has 0 radical (unpaired) electrons. The van der Waals surface area contributed by atoms with Crippen LogP contribution in [0.2, 0.25) is 0 Å². The summed E-state index contributed by atoms with van der Waals surface area (Å²) >= 11 is 0. The molecule has 1 unspecified atom stereocenters. The molecule has 0 saturated carbocycles. The van der Waals surface area contributed by atoms with Gasteiger partial charge in [0.15, 0.2) is 5.96 Å². The third kappa shape index (κ3) is 7.17. The second-order valence-corrected chi connectivity index (χ2v) is 7.44. The minimum atomic E-state index is 0. The second-order valence-electron chi connectivity index (χ2n) is 7.44. The number of hydrogen-bond donors (Lipinski definition) is 1. The summed E-state index contributed by atoms with van der Waals surface area (Å²) in [5.74, 6) is 1.58. The van der Waals surface area contributed by atoms with Crippen LogP contribution in [0.5, 0.6) is 0 Å². The minimum Gasteiger partial charge on any atom is -0.381 e. The van der Waals surface area contributed by atoms with Gasteiger partial charge in [0, 0.05) is 52.3 Å². The highest BCUT2D eigenvalue weighted by Gasteiger charge is 2.19. The van der Waals surface area contributed by atoms with Crippen LogP contribution >= 0.6 is 24.0 Å². The molecular weight excluding hydrogens is 467 g/mol. The van der Waals surface area contributed by atoms with Gasteiger partial charge in [-0.25, -0.2) is 4.99 Å². The van der Waals surface area contributed by atoms with Gasteiger partial charge in [-0.2, -0.15) is 0 Å². The SMILES string of the molecule is CCNC(=NCc1ccccc1CN1CCOCC1)N(C)CC1CCOC1.I. The van der Waals surface area contributed by atoms with Crippen molar-refractivity contribution in [1.82, 2.24) is 15.1 Å². The fourth-order valence-corrected chi connectivity index (χ4v) is 3.70. The Hall–Kier alpha value is -0.900. The number of morpholine rings is 1. The average molecular weight is 502 g/mol. The van der Waals surface area contributed by atoms with Crippen LogP contribution in [-0.2, 0) is 22.6 Å². The van der Waals surface area contributed by atoms with Crippen molar-refractivity contribution in [2.75, 3.05) is 59.7 Å². The molecule has 1 aromatic rings. The summed E-state index contributed by atoms with van der Waals surface area (Å²) < 4.78 is 11.0. The Morgan fingerprint density at radius 2 is 1.93 bits per heavy atom. The molecule has 0 aliphatic carbocycles. The zero-order valence-corrected chi connectivity index (χ0v) is 19.6. The fourth-order valence-electron chi connectivity index (χ4n) is 3.70. The van der Waals surface area contributed by atoms with Crippen LogP contribution in [0.3, 0.4) is 0 Å². The van der Waals surface area contributed by atoms with Gasteiger partial charge in [-0.3, -0.25) is 4.90 Å². The van der Waals surface area contributed by atoms with E-state index in [1.165, 1.54) is 11.1 Å². The monoisotopic (exact) mass is 502 g/mol. The van der Waals surface area contributed by atoms with E-state index in [2.05, 4.69) is 53.4 Å². The molecule has 0 amide bonds. The first-order chi connectivity index (χ1) is 13.3. The quantitative estimate of drug-likeness (QED) is 0.353. The standard InChI is InChI=1S/C21H34N4O2.HI/c1-3-22-21(24(2)15-18-8-11-27-17-18)23-14-19-6-4-5-7-20(19)16-25-9-12-26-13-10-25;/h4-7,18H,3,8-17H2,1-2H3,(H,22,23);1H. The molecule has 1 atom stereocenters. The van der Waals surface area contributed by atoms with E-state index in [0.29, 0.717) is 12.5 Å². The van der Waals surface area contributed by atoms with E-state index in [9.17, 15) is 0 Å². The number of halogens is 1. The number of rotatable bonds is 7. The lowest BCUT2D eigenvalue weighted by molar-refractivity contribution is 0.0341. The number of guanidine groups is 1. The second kappa shape index (κ2) is 12.6. The summed E-state index contributed by atoms with van der Waals surface area (Å²) in [6.07, 6.45) is 1.14.